The number of rotatable bonds is 4. The third kappa shape index (κ3) is 6.74. The molecule has 0 saturated carbocycles. The molecule has 0 aromatic heterocycles. The number of amides is 1. The third-order valence-corrected chi connectivity index (χ3v) is 6.24. The van der Waals surface area contributed by atoms with Gasteiger partial charge in [-0.15, -0.1) is 0 Å². The molecule has 3 heterocycles. The first-order valence-corrected chi connectivity index (χ1v) is 11.6. The number of nitrogens with zero attached hydrogens (tertiary/aromatic N) is 4. The second kappa shape index (κ2) is 10.7. The molecule has 1 amide bonds. The van der Waals surface area contributed by atoms with Crippen molar-refractivity contribution in [3.63, 3.8) is 0 Å². The quantitative estimate of drug-likeness (QED) is 0.551. The van der Waals surface area contributed by atoms with E-state index >= 15 is 0 Å². The largest absolute Gasteiger partial charge is 0.444 e. The van der Waals surface area contributed by atoms with Crippen molar-refractivity contribution < 1.29 is 14.3 Å². The Labute approximate surface area is 181 Å². The lowest BCUT2D eigenvalue weighted by Gasteiger charge is -2.34. The Morgan fingerprint density at radius 1 is 1.10 bits per heavy atom. The molecule has 3 fully saturated rings. The highest BCUT2D eigenvalue weighted by Crippen LogP contribution is 2.22. The summed E-state index contributed by atoms with van der Waals surface area (Å²) in [5.41, 5.74) is -0.438. The van der Waals surface area contributed by atoms with Crippen LogP contribution >= 0.6 is 0 Å². The maximum atomic E-state index is 12.4. The number of guanidine groups is 1. The molecule has 0 bridgehead atoms. The van der Waals surface area contributed by atoms with Crippen LogP contribution in [0.3, 0.4) is 0 Å². The third-order valence-electron chi connectivity index (χ3n) is 6.24. The van der Waals surface area contributed by atoms with Gasteiger partial charge in [-0.05, 0) is 52.4 Å². The van der Waals surface area contributed by atoms with Gasteiger partial charge in [-0.3, -0.25) is 9.89 Å². The van der Waals surface area contributed by atoms with Crippen LogP contribution < -0.4 is 5.32 Å². The SMILES string of the molecule is CN=C(NCCC1CCCN(C(=O)OC(C)(C)C)C1)N1CCC(N2CCOCC2)C1. The summed E-state index contributed by atoms with van der Waals surface area (Å²) in [4.78, 5) is 23.7. The summed E-state index contributed by atoms with van der Waals surface area (Å²) in [5, 5.41) is 3.56. The number of hydrogen-bond acceptors (Lipinski definition) is 5. The fourth-order valence-corrected chi connectivity index (χ4v) is 4.69. The fourth-order valence-electron chi connectivity index (χ4n) is 4.69. The molecule has 8 nitrogen and oxygen atoms in total. The van der Waals surface area contributed by atoms with E-state index in [-0.39, 0.29) is 6.09 Å². The minimum absolute atomic E-state index is 0.179. The molecule has 0 aromatic rings. The molecule has 8 heteroatoms. The van der Waals surface area contributed by atoms with E-state index in [9.17, 15) is 4.79 Å². The van der Waals surface area contributed by atoms with Crippen molar-refractivity contribution in [1.29, 1.82) is 0 Å². The average molecular weight is 424 g/mol. The van der Waals surface area contributed by atoms with Gasteiger partial charge in [0.1, 0.15) is 5.60 Å². The number of morpholine rings is 1. The van der Waals surface area contributed by atoms with Gasteiger partial charge in [0.05, 0.1) is 13.2 Å². The molecule has 3 rings (SSSR count). The summed E-state index contributed by atoms with van der Waals surface area (Å²) >= 11 is 0. The highest BCUT2D eigenvalue weighted by Gasteiger charge is 2.31. The Hall–Kier alpha value is -1.54. The Balaban J connectivity index is 1.40. The van der Waals surface area contributed by atoms with E-state index in [0.717, 1.165) is 77.8 Å². The zero-order chi connectivity index (χ0) is 21.6. The zero-order valence-corrected chi connectivity index (χ0v) is 19.4. The van der Waals surface area contributed by atoms with Crippen LogP contribution in [0.5, 0.6) is 0 Å². The Kier molecular flexibility index (Phi) is 8.22. The lowest BCUT2D eigenvalue weighted by Crippen LogP contribution is -2.47. The van der Waals surface area contributed by atoms with Crippen LogP contribution in [0.4, 0.5) is 4.79 Å². The first-order valence-electron chi connectivity index (χ1n) is 11.6. The van der Waals surface area contributed by atoms with Gasteiger partial charge in [0, 0.05) is 58.9 Å². The first kappa shape index (κ1) is 23.1. The summed E-state index contributed by atoms with van der Waals surface area (Å²) in [7, 11) is 1.87. The summed E-state index contributed by atoms with van der Waals surface area (Å²) in [5.74, 6) is 1.52. The van der Waals surface area contributed by atoms with E-state index in [1.807, 2.05) is 32.7 Å². The maximum Gasteiger partial charge on any atom is 0.410 e. The number of aliphatic imine (C=N–C) groups is 1. The van der Waals surface area contributed by atoms with E-state index < -0.39 is 5.60 Å². The van der Waals surface area contributed by atoms with E-state index in [4.69, 9.17) is 9.47 Å². The summed E-state index contributed by atoms with van der Waals surface area (Å²) in [6.45, 7) is 14.1. The van der Waals surface area contributed by atoms with Crippen LogP contribution in [0.1, 0.15) is 46.5 Å². The fraction of sp³-hybridized carbons (Fsp3) is 0.909. The Bertz CT molecular complexity index is 586. The van der Waals surface area contributed by atoms with E-state index in [1.54, 1.807) is 0 Å². The number of carbonyl (C=O) groups is 1. The van der Waals surface area contributed by atoms with Crippen molar-refractivity contribution in [2.24, 2.45) is 10.9 Å². The molecular formula is C22H41N5O3. The van der Waals surface area contributed by atoms with Gasteiger partial charge in [0.25, 0.3) is 0 Å². The van der Waals surface area contributed by atoms with Crippen molar-refractivity contribution in [2.45, 2.75) is 58.1 Å². The maximum absolute atomic E-state index is 12.4. The predicted molar refractivity (Wildman–Crippen MR) is 119 cm³/mol. The van der Waals surface area contributed by atoms with E-state index in [2.05, 4.69) is 20.1 Å². The minimum Gasteiger partial charge on any atom is -0.444 e. The number of carbonyl (C=O) groups excluding carboxylic acids is 1. The number of ether oxygens (including phenoxy) is 2. The topological polar surface area (TPSA) is 69.6 Å². The highest BCUT2D eigenvalue weighted by molar-refractivity contribution is 5.80. The second-order valence-corrected chi connectivity index (χ2v) is 9.73. The van der Waals surface area contributed by atoms with Crippen molar-refractivity contribution in [2.75, 3.05) is 66.1 Å². The molecule has 0 aliphatic carbocycles. The standard InChI is InChI=1S/C22H41N5O3/c1-22(2,3)30-21(28)27-10-5-6-18(16-27)7-9-24-20(23-4)26-11-8-19(17-26)25-12-14-29-15-13-25/h18-19H,5-17H2,1-4H3,(H,23,24). The van der Waals surface area contributed by atoms with Crippen molar-refractivity contribution in [3.05, 3.63) is 0 Å². The normalized spacial score (nSPS) is 26.7. The minimum atomic E-state index is -0.438. The second-order valence-electron chi connectivity index (χ2n) is 9.73. The molecule has 0 aromatic carbocycles. The molecule has 3 saturated heterocycles. The van der Waals surface area contributed by atoms with Crippen LogP contribution in [0, 0.1) is 5.92 Å². The lowest BCUT2D eigenvalue weighted by atomic mass is 9.95. The van der Waals surface area contributed by atoms with Gasteiger partial charge < -0.3 is 24.6 Å². The zero-order valence-electron chi connectivity index (χ0n) is 19.4. The molecule has 0 radical (unpaired) electrons. The van der Waals surface area contributed by atoms with Gasteiger partial charge in [-0.25, -0.2) is 4.79 Å². The molecular weight excluding hydrogens is 382 g/mol. The van der Waals surface area contributed by atoms with Gasteiger partial charge in [-0.2, -0.15) is 0 Å². The molecule has 30 heavy (non-hydrogen) atoms. The van der Waals surface area contributed by atoms with Crippen LogP contribution in [-0.4, -0.2) is 104 Å². The van der Waals surface area contributed by atoms with Crippen LogP contribution in [-0.2, 0) is 9.47 Å². The molecule has 2 unspecified atom stereocenters. The summed E-state index contributed by atoms with van der Waals surface area (Å²) in [6, 6.07) is 0.605. The average Bonchev–Trinajstić information content (AvgIpc) is 3.21. The molecule has 2 atom stereocenters. The highest BCUT2D eigenvalue weighted by atomic mass is 16.6. The van der Waals surface area contributed by atoms with Crippen LogP contribution in [0.2, 0.25) is 0 Å². The van der Waals surface area contributed by atoms with Crippen LogP contribution in [0.15, 0.2) is 4.99 Å². The molecule has 1 N–H and O–H groups in total. The monoisotopic (exact) mass is 423 g/mol. The molecule has 172 valence electrons. The van der Waals surface area contributed by atoms with Gasteiger partial charge in [0.15, 0.2) is 5.96 Å². The van der Waals surface area contributed by atoms with Crippen molar-refractivity contribution >= 4 is 12.1 Å². The molecule has 0 spiro atoms. The number of nitrogens with one attached hydrogen (secondary N) is 1. The number of hydrogen-bond donors (Lipinski definition) is 1. The summed E-state index contributed by atoms with van der Waals surface area (Å²) in [6.07, 6.45) is 4.27. The van der Waals surface area contributed by atoms with Crippen molar-refractivity contribution in [1.82, 2.24) is 20.0 Å². The van der Waals surface area contributed by atoms with Crippen LogP contribution in [0.25, 0.3) is 0 Å². The first-order chi connectivity index (χ1) is 14.4. The Morgan fingerprint density at radius 2 is 1.87 bits per heavy atom. The van der Waals surface area contributed by atoms with E-state index in [1.165, 1.54) is 12.8 Å². The predicted octanol–water partition coefficient (Wildman–Crippen LogP) is 2.01. The van der Waals surface area contributed by atoms with Gasteiger partial charge in [0.2, 0.25) is 0 Å². The number of piperidine rings is 1. The smallest absolute Gasteiger partial charge is 0.410 e. The molecule has 3 aliphatic rings. The van der Waals surface area contributed by atoms with Gasteiger partial charge >= 0.3 is 6.09 Å². The molecule has 3 aliphatic heterocycles. The van der Waals surface area contributed by atoms with E-state index in [0.29, 0.717) is 12.0 Å². The lowest BCUT2D eigenvalue weighted by molar-refractivity contribution is 0.0162. The van der Waals surface area contributed by atoms with Gasteiger partial charge in [-0.1, -0.05) is 0 Å². The number of likely N-dealkylation sites (tertiary alicyclic amines) is 2. The summed E-state index contributed by atoms with van der Waals surface area (Å²) < 4.78 is 11.0. The Morgan fingerprint density at radius 3 is 2.57 bits per heavy atom. The van der Waals surface area contributed by atoms with Crippen molar-refractivity contribution in [3.8, 4) is 0 Å².